The fourth-order valence-electron chi connectivity index (χ4n) is 2.79. The molecule has 2 rings (SSSR count). The molecule has 0 bridgehead atoms. The zero-order valence-corrected chi connectivity index (χ0v) is 21.3. The van der Waals surface area contributed by atoms with Crippen LogP contribution in [0.5, 0.6) is 23.0 Å². The summed E-state index contributed by atoms with van der Waals surface area (Å²) in [5.41, 5.74) is 0.200. The first kappa shape index (κ1) is 27.7. The molecular weight excluding hydrogens is 430 g/mol. The molecule has 0 aliphatic heterocycles. The van der Waals surface area contributed by atoms with Crippen molar-refractivity contribution in [3.8, 4) is 23.0 Å². The molecule has 0 aliphatic rings. The van der Waals surface area contributed by atoms with Crippen molar-refractivity contribution in [1.82, 2.24) is 0 Å². The molecule has 0 fully saturated rings. The van der Waals surface area contributed by atoms with Gasteiger partial charge in [-0.25, -0.2) is 0 Å². The topological polar surface area (TPSA) is 54.0 Å². The first-order chi connectivity index (χ1) is 14.1. The molecule has 0 N–H and O–H groups in total. The molecule has 0 aliphatic carbocycles. The summed E-state index contributed by atoms with van der Waals surface area (Å²) in [5, 5.41) is 1.03. The Balaban J connectivity index is 0.00000480. The van der Waals surface area contributed by atoms with Crippen LogP contribution in [0.2, 0.25) is 5.02 Å². The van der Waals surface area contributed by atoms with Gasteiger partial charge in [-0.15, -0.1) is 0 Å². The van der Waals surface area contributed by atoms with Crippen LogP contribution < -0.4 is 43.1 Å². The van der Waals surface area contributed by atoms with Gasteiger partial charge in [0.2, 0.25) is 0 Å². The van der Waals surface area contributed by atoms with Crippen molar-refractivity contribution >= 4 is 31.0 Å². The van der Waals surface area contributed by atoms with Crippen LogP contribution in [0.3, 0.4) is 0 Å². The summed E-state index contributed by atoms with van der Waals surface area (Å²) in [6, 6.07) is 8.78. The number of hydrogen-bond acceptors (Lipinski definition) is 5. The summed E-state index contributed by atoms with van der Waals surface area (Å²) >= 11 is 6.32. The second-order valence-electron chi connectivity index (χ2n) is 7.57. The van der Waals surface area contributed by atoms with Crippen LogP contribution in [0.25, 0.3) is 0 Å². The molecule has 5 nitrogen and oxygen atoms in total. The molecule has 1 atom stereocenters. The van der Waals surface area contributed by atoms with E-state index in [9.17, 15) is 4.79 Å². The molecule has 0 saturated heterocycles. The maximum atomic E-state index is 13.3. The van der Waals surface area contributed by atoms with Gasteiger partial charge in [0.1, 0.15) is 23.0 Å². The summed E-state index contributed by atoms with van der Waals surface area (Å²) in [4.78, 5) is 13.3. The smallest absolute Gasteiger partial charge is 1.00 e. The standard InChI is InChI=1S/C23H30ClO5P.Li.H/c1-13(2)27-16-11-19(28-14(3)4)22(20(12-16)29-15(5)6)30-23(25)21-17(24)9-8-10-18(21)26-7;;/h8-15,30H,1-7H3;;/q;+1;-1. The minimum atomic E-state index is -0.268. The zero-order valence-electron chi connectivity index (χ0n) is 20.5. The first-order valence-corrected chi connectivity index (χ1v) is 11.3. The predicted molar refractivity (Wildman–Crippen MR) is 125 cm³/mol. The van der Waals surface area contributed by atoms with Crippen molar-refractivity contribution in [2.75, 3.05) is 7.11 Å². The van der Waals surface area contributed by atoms with E-state index in [0.717, 1.165) is 0 Å². The van der Waals surface area contributed by atoms with Crippen LogP contribution in [-0.2, 0) is 0 Å². The quantitative estimate of drug-likeness (QED) is 0.403. The molecule has 8 heteroatoms. The summed E-state index contributed by atoms with van der Waals surface area (Å²) in [6.45, 7) is 11.6. The fraction of sp³-hybridized carbons (Fsp3) is 0.435. The first-order valence-electron chi connectivity index (χ1n) is 9.94. The molecule has 0 amide bonds. The average molecular weight is 461 g/mol. The molecular formula is C23H31ClLiO5P. The van der Waals surface area contributed by atoms with Gasteiger partial charge in [0.25, 0.3) is 0 Å². The Morgan fingerprint density at radius 2 is 1.42 bits per heavy atom. The molecule has 2 aromatic rings. The van der Waals surface area contributed by atoms with Gasteiger partial charge in [-0.2, -0.15) is 0 Å². The molecule has 2 aromatic carbocycles. The van der Waals surface area contributed by atoms with Gasteiger partial charge < -0.3 is 20.4 Å². The Hall–Kier alpha value is -1.37. The molecule has 0 aromatic heterocycles. The van der Waals surface area contributed by atoms with E-state index in [1.54, 1.807) is 18.2 Å². The van der Waals surface area contributed by atoms with Gasteiger partial charge in [-0.05, 0) is 62.3 Å². The van der Waals surface area contributed by atoms with Crippen molar-refractivity contribution in [1.29, 1.82) is 0 Å². The molecule has 0 saturated carbocycles. The van der Waals surface area contributed by atoms with Gasteiger partial charge in [0, 0.05) is 12.1 Å². The largest absolute Gasteiger partial charge is 1.00 e. The molecule has 0 radical (unpaired) electrons. The minimum absolute atomic E-state index is 0. The van der Waals surface area contributed by atoms with Crippen LogP contribution in [0, 0.1) is 0 Å². The van der Waals surface area contributed by atoms with Crippen LogP contribution in [0.4, 0.5) is 0 Å². The Morgan fingerprint density at radius 3 is 1.87 bits per heavy atom. The van der Waals surface area contributed by atoms with Crippen LogP contribution in [-0.4, -0.2) is 30.9 Å². The summed E-state index contributed by atoms with van der Waals surface area (Å²) in [7, 11) is 1.25. The third-order valence-electron chi connectivity index (χ3n) is 3.80. The van der Waals surface area contributed by atoms with Crippen molar-refractivity contribution in [3.05, 3.63) is 40.9 Å². The fourth-order valence-corrected chi connectivity index (χ4v) is 4.24. The second kappa shape index (κ2) is 12.6. The van der Waals surface area contributed by atoms with E-state index in [-0.39, 0.29) is 52.7 Å². The van der Waals surface area contributed by atoms with E-state index >= 15 is 0 Å². The van der Waals surface area contributed by atoms with Gasteiger partial charge in [0.15, 0.2) is 5.52 Å². The van der Waals surface area contributed by atoms with E-state index in [1.165, 1.54) is 7.11 Å². The number of ether oxygens (including phenoxy) is 4. The molecule has 0 spiro atoms. The van der Waals surface area contributed by atoms with E-state index in [2.05, 4.69) is 0 Å². The van der Waals surface area contributed by atoms with Crippen molar-refractivity contribution in [3.63, 3.8) is 0 Å². The van der Waals surface area contributed by atoms with E-state index < -0.39 is 0 Å². The van der Waals surface area contributed by atoms with Gasteiger partial charge in [-0.3, -0.25) is 4.79 Å². The Labute approximate surface area is 205 Å². The zero-order chi connectivity index (χ0) is 22.4. The Kier molecular flexibility index (Phi) is 11.3. The predicted octanol–water partition coefficient (Wildman–Crippen LogP) is 2.97. The minimum Gasteiger partial charge on any atom is -1.00 e. The maximum Gasteiger partial charge on any atom is 1.00 e. The number of rotatable bonds is 10. The van der Waals surface area contributed by atoms with Crippen molar-refractivity contribution in [2.24, 2.45) is 0 Å². The summed E-state index contributed by atoms with van der Waals surface area (Å²) in [5.74, 6) is 2.21. The second-order valence-corrected chi connectivity index (χ2v) is 9.18. The van der Waals surface area contributed by atoms with Crippen LogP contribution in [0.1, 0.15) is 53.3 Å². The van der Waals surface area contributed by atoms with Gasteiger partial charge in [-0.1, -0.05) is 17.7 Å². The Morgan fingerprint density at radius 1 is 0.903 bits per heavy atom. The monoisotopic (exact) mass is 460 g/mol. The summed E-state index contributed by atoms with van der Waals surface area (Å²) in [6.07, 6.45) is -0.175. The molecule has 31 heavy (non-hydrogen) atoms. The van der Waals surface area contributed by atoms with Gasteiger partial charge in [0.05, 0.1) is 41.3 Å². The molecule has 1 unspecified atom stereocenters. The number of halogens is 1. The summed E-state index contributed by atoms with van der Waals surface area (Å²) < 4.78 is 23.3. The van der Waals surface area contributed by atoms with E-state index in [1.807, 2.05) is 53.7 Å². The number of carbonyl (C=O) groups excluding carboxylic acids is 1. The van der Waals surface area contributed by atoms with Crippen LogP contribution >= 0.6 is 20.2 Å². The maximum absolute atomic E-state index is 13.3. The van der Waals surface area contributed by atoms with Crippen LogP contribution in [0.15, 0.2) is 30.3 Å². The van der Waals surface area contributed by atoms with Gasteiger partial charge >= 0.3 is 18.9 Å². The van der Waals surface area contributed by atoms with Crippen molar-refractivity contribution < 1.29 is 44.0 Å². The number of carbonyl (C=O) groups is 1. The number of hydrogen-bond donors (Lipinski definition) is 0. The normalized spacial score (nSPS) is 11.2. The molecule has 0 heterocycles. The van der Waals surface area contributed by atoms with E-state index in [0.29, 0.717) is 38.9 Å². The average Bonchev–Trinajstić information content (AvgIpc) is 2.62. The third kappa shape index (κ3) is 7.92. The Bertz CT molecular complexity index is 862. The third-order valence-corrected chi connectivity index (χ3v) is 5.33. The SMILES string of the molecule is COc1cccc(Cl)c1C(=O)Pc1c(OC(C)C)cc(OC(C)C)cc1OC(C)C.[H-].[Li+]. The number of methoxy groups -OCH3 is 1. The van der Waals surface area contributed by atoms with Crippen molar-refractivity contribution in [2.45, 2.75) is 59.9 Å². The van der Waals surface area contributed by atoms with E-state index in [4.69, 9.17) is 30.5 Å². The molecule has 166 valence electrons. The number of benzene rings is 2.